The van der Waals surface area contributed by atoms with E-state index in [1.165, 1.54) is 6.42 Å². The van der Waals surface area contributed by atoms with Crippen molar-refractivity contribution >= 4 is 21.8 Å². The second-order valence-electron chi connectivity index (χ2n) is 4.84. The third kappa shape index (κ3) is 2.92. The number of hydrogen-bond donors (Lipinski definition) is 0. The summed E-state index contributed by atoms with van der Waals surface area (Å²) in [4.78, 5) is 14.8. The second-order valence-corrected chi connectivity index (χ2v) is 5.49. The van der Waals surface area contributed by atoms with Crippen LogP contribution in [-0.2, 0) is 0 Å². The predicted molar refractivity (Wildman–Crippen MR) is 82.0 cm³/mol. The summed E-state index contributed by atoms with van der Waals surface area (Å²) in [5.74, 6) is 1.12. The van der Waals surface area contributed by atoms with Gasteiger partial charge in [-0.25, -0.2) is 0 Å². The lowest BCUT2D eigenvalue weighted by Crippen LogP contribution is -2.44. The number of nitrogens with zero attached hydrogens (tertiary/aromatic N) is 1. The van der Waals surface area contributed by atoms with E-state index >= 15 is 0 Å². The van der Waals surface area contributed by atoms with Gasteiger partial charge in [0.25, 0.3) is 5.91 Å². The number of ether oxygens (including phenoxy) is 2. The van der Waals surface area contributed by atoms with Crippen molar-refractivity contribution in [2.24, 2.45) is 0 Å². The largest absolute Gasteiger partial charge is 0.496 e. The number of methoxy groups -OCH3 is 2. The van der Waals surface area contributed by atoms with Gasteiger partial charge in [0, 0.05) is 17.9 Å². The zero-order valence-corrected chi connectivity index (χ0v) is 13.5. The number of rotatable bonds is 4. The molecule has 1 atom stereocenters. The first-order chi connectivity index (χ1) is 9.72. The first-order valence-corrected chi connectivity index (χ1v) is 7.93. The number of amides is 1. The lowest BCUT2D eigenvalue weighted by Gasteiger charge is -2.35. The molecule has 0 bridgehead atoms. The van der Waals surface area contributed by atoms with Crippen LogP contribution in [0, 0.1) is 0 Å². The summed E-state index contributed by atoms with van der Waals surface area (Å²) >= 11 is 3.51. The number of likely N-dealkylation sites (tertiary alicyclic amines) is 1. The number of piperidine rings is 1. The Kier molecular flexibility index (Phi) is 5.29. The molecular formula is C15H20BrNO3. The van der Waals surface area contributed by atoms with Gasteiger partial charge in [-0.05, 0) is 31.4 Å². The van der Waals surface area contributed by atoms with Gasteiger partial charge < -0.3 is 14.4 Å². The summed E-state index contributed by atoms with van der Waals surface area (Å²) in [6.45, 7) is 0.788. The Balaban J connectivity index is 2.36. The Morgan fingerprint density at radius 3 is 2.50 bits per heavy atom. The molecular weight excluding hydrogens is 322 g/mol. The summed E-state index contributed by atoms with van der Waals surface area (Å²) in [5.41, 5.74) is 0.519. The summed E-state index contributed by atoms with van der Waals surface area (Å²) in [6.07, 6.45) is 3.25. The third-order valence-electron chi connectivity index (χ3n) is 3.71. The Morgan fingerprint density at radius 2 is 1.95 bits per heavy atom. The van der Waals surface area contributed by atoms with Crippen LogP contribution < -0.4 is 9.47 Å². The van der Waals surface area contributed by atoms with Crippen LogP contribution >= 0.6 is 15.9 Å². The van der Waals surface area contributed by atoms with Crippen LogP contribution in [0.2, 0.25) is 0 Å². The van der Waals surface area contributed by atoms with E-state index in [1.54, 1.807) is 26.4 Å². The molecule has 0 radical (unpaired) electrons. The van der Waals surface area contributed by atoms with Crippen molar-refractivity contribution in [1.82, 2.24) is 4.90 Å². The maximum Gasteiger partial charge on any atom is 0.261 e. The number of halogens is 1. The van der Waals surface area contributed by atoms with E-state index in [0.717, 1.165) is 24.7 Å². The van der Waals surface area contributed by atoms with Gasteiger partial charge in [0.1, 0.15) is 17.1 Å². The summed E-state index contributed by atoms with van der Waals surface area (Å²) in [6, 6.07) is 5.66. The molecule has 0 aliphatic carbocycles. The first-order valence-electron chi connectivity index (χ1n) is 6.80. The van der Waals surface area contributed by atoms with E-state index in [0.29, 0.717) is 17.1 Å². The molecule has 1 aliphatic rings. The van der Waals surface area contributed by atoms with Crippen LogP contribution in [0.3, 0.4) is 0 Å². The zero-order chi connectivity index (χ0) is 14.5. The Labute approximate surface area is 128 Å². The number of carbonyl (C=O) groups is 1. The molecule has 110 valence electrons. The highest BCUT2D eigenvalue weighted by Crippen LogP contribution is 2.31. The SMILES string of the molecule is COc1cccc(OC)c1C(=O)N1CCCCC1CBr. The van der Waals surface area contributed by atoms with Crippen molar-refractivity contribution in [2.45, 2.75) is 25.3 Å². The molecule has 0 saturated carbocycles. The molecule has 4 nitrogen and oxygen atoms in total. The monoisotopic (exact) mass is 341 g/mol. The molecule has 2 rings (SSSR count). The van der Waals surface area contributed by atoms with E-state index in [2.05, 4.69) is 15.9 Å². The molecule has 1 heterocycles. The van der Waals surface area contributed by atoms with E-state index in [9.17, 15) is 4.79 Å². The highest BCUT2D eigenvalue weighted by molar-refractivity contribution is 9.09. The summed E-state index contributed by atoms with van der Waals surface area (Å²) in [7, 11) is 3.15. The molecule has 0 aromatic heterocycles. The van der Waals surface area contributed by atoms with Gasteiger partial charge >= 0.3 is 0 Å². The van der Waals surface area contributed by atoms with Gasteiger partial charge in [-0.3, -0.25) is 4.79 Å². The molecule has 1 unspecified atom stereocenters. The predicted octanol–water partition coefficient (Wildman–Crippen LogP) is 3.09. The summed E-state index contributed by atoms with van der Waals surface area (Å²) in [5, 5.41) is 0.802. The fourth-order valence-electron chi connectivity index (χ4n) is 2.63. The molecule has 1 aromatic rings. The van der Waals surface area contributed by atoms with Gasteiger partial charge in [-0.15, -0.1) is 0 Å². The van der Waals surface area contributed by atoms with E-state index in [4.69, 9.17) is 9.47 Å². The van der Waals surface area contributed by atoms with Crippen LogP contribution in [0.5, 0.6) is 11.5 Å². The van der Waals surface area contributed by atoms with Crippen molar-refractivity contribution in [3.63, 3.8) is 0 Å². The molecule has 0 spiro atoms. The standard InChI is InChI=1S/C15H20BrNO3/c1-19-12-7-5-8-13(20-2)14(12)15(18)17-9-4-3-6-11(17)10-16/h5,7-8,11H,3-4,6,9-10H2,1-2H3. The Bertz CT molecular complexity index is 456. The lowest BCUT2D eigenvalue weighted by atomic mass is 10.0. The number of benzene rings is 1. The van der Waals surface area contributed by atoms with E-state index in [-0.39, 0.29) is 11.9 Å². The minimum absolute atomic E-state index is 0.0107. The highest BCUT2D eigenvalue weighted by Gasteiger charge is 2.30. The van der Waals surface area contributed by atoms with Crippen LogP contribution in [0.15, 0.2) is 18.2 Å². The van der Waals surface area contributed by atoms with Gasteiger partial charge in [0.05, 0.1) is 14.2 Å². The first kappa shape index (κ1) is 15.2. The Morgan fingerprint density at radius 1 is 1.30 bits per heavy atom. The van der Waals surface area contributed by atoms with Gasteiger partial charge in [0.15, 0.2) is 0 Å². The average Bonchev–Trinajstić information content (AvgIpc) is 2.53. The minimum atomic E-state index is -0.0107. The molecule has 1 aliphatic heterocycles. The van der Waals surface area contributed by atoms with Crippen LogP contribution in [0.4, 0.5) is 0 Å². The fraction of sp³-hybridized carbons (Fsp3) is 0.533. The zero-order valence-electron chi connectivity index (χ0n) is 11.9. The van der Waals surface area contributed by atoms with E-state index < -0.39 is 0 Å². The fourth-order valence-corrected chi connectivity index (χ4v) is 3.31. The van der Waals surface area contributed by atoms with Gasteiger partial charge in [-0.1, -0.05) is 22.0 Å². The molecule has 5 heteroatoms. The van der Waals surface area contributed by atoms with Gasteiger partial charge in [0.2, 0.25) is 0 Å². The summed E-state index contributed by atoms with van der Waals surface area (Å²) < 4.78 is 10.7. The molecule has 20 heavy (non-hydrogen) atoms. The second kappa shape index (κ2) is 6.97. The highest BCUT2D eigenvalue weighted by atomic mass is 79.9. The molecule has 1 aromatic carbocycles. The van der Waals surface area contributed by atoms with Crippen LogP contribution in [-0.4, -0.2) is 42.9 Å². The molecule has 0 N–H and O–H groups in total. The molecule has 1 fully saturated rings. The number of hydrogen-bond acceptors (Lipinski definition) is 3. The van der Waals surface area contributed by atoms with Crippen molar-refractivity contribution in [2.75, 3.05) is 26.1 Å². The maximum atomic E-state index is 12.9. The van der Waals surface area contributed by atoms with Crippen molar-refractivity contribution in [3.05, 3.63) is 23.8 Å². The normalized spacial score (nSPS) is 18.8. The average molecular weight is 342 g/mol. The lowest BCUT2D eigenvalue weighted by molar-refractivity contribution is 0.0635. The smallest absolute Gasteiger partial charge is 0.261 e. The van der Waals surface area contributed by atoms with Crippen LogP contribution in [0.1, 0.15) is 29.6 Å². The third-order valence-corrected chi connectivity index (χ3v) is 4.46. The number of alkyl halides is 1. The van der Waals surface area contributed by atoms with Crippen molar-refractivity contribution < 1.29 is 14.3 Å². The minimum Gasteiger partial charge on any atom is -0.496 e. The quantitative estimate of drug-likeness (QED) is 0.790. The van der Waals surface area contributed by atoms with Gasteiger partial charge in [-0.2, -0.15) is 0 Å². The Hall–Kier alpha value is -1.23. The topological polar surface area (TPSA) is 38.8 Å². The van der Waals surface area contributed by atoms with E-state index in [1.807, 2.05) is 11.0 Å². The van der Waals surface area contributed by atoms with Crippen molar-refractivity contribution in [3.8, 4) is 11.5 Å². The molecule has 1 amide bonds. The van der Waals surface area contributed by atoms with Crippen LogP contribution in [0.25, 0.3) is 0 Å². The maximum absolute atomic E-state index is 12.9. The molecule has 1 saturated heterocycles. The van der Waals surface area contributed by atoms with Crippen molar-refractivity contribution in [1.29, 1.82) is 0 Å². The number of carbonyl (C=O) groups excluding carboxylic acids is 1.